The molecule has 0 fully saturated rings. The molecule has 2 amide bonds. The van der Waals surface area contributed by atoms with Crippen LogP contribution in [0.3, 0.4) is 0 Å². The van der Waals surface area contributed by atoms with Crippen molar-refractivity contribution >= 4 is 17.8 Å². The molecule has 2 aromatic carbocycles. The highest BCUT2D eigenvalue weighted by Gasteiger charge is 2.24. The zero-order valence-corrected chi connectivity index (χ0v) is 19.6. The van der Waals surface area contributed by atoms with Crippen LogP contribution in [-0.4, -0.2) is 46.0 Å². The van der Waals surface area contributed by atoms with Gasteiger partial charge in [-0.1, -0.05) is 0 Å². The van der Waals surface area contributed by atoms with Crippen LogP contribution in [0.25, 0.3) is 16.9 Å². The zero-order valence-electron chi connectivity index (χ0n) is 19.6. The van der Waals surface area contributed by atoms with Crippen LogP contribution in [0.4, 0.5) is 10.3 Å². The highest BCUT2D eigenvalue weighted by Crippen LogP contribution is 2.26. The van der Waals surface area contributed by atoms with Gasteiger partial charge in [0.1, 0.15) is 18.1 Å². The molecule has 1 N–H and O–H groups in total. The Morgan fingerprint density at radius 1 is 1.11 bits per heavy atom. The summed E-state index contributed by atoms with van der Waals surface area (Å²) in [6.07, 6.45) is 3.16. The van der Waals surface area contributed by atoms with Crippen molar-refractivity contribution in [1.82, 2.24) is 14.5 Å². The first-order chi connectivity index (χ1) is 16.9. The highest BCUT2D eigenvalue weighted by atomic mass is 19.1. The summed E-state index contributed by atoms with van der Waals surface area (Å²) in [5.74, 6) is -0.105. The van der Waals surface area contributed by atoms with Gasteiger partial charge in [-0.05, 0) is 74.5 Å². The molecule has 0 aliphatic rings. The highest BCUT2D eigenvalue weighted by molar-refractivity contribution is 5.97. The topological polar surface area (TPSA) is 89.6 Å². The molecule has 0 radical (unpaired) electrons. The smallest absolute Gasteiger partial charge is 0.290 e. The average molecular weight is 477 g/mol. The van der Waals surface area contributed by atoms with Crippen molar-refractivity contribution in [3.63, 3.8) is 0 Å². The van der Waals surface area contributed by atoms with Crippen LogP contribution in [0.1, 0.15) is 24.4 Å². The molecule has 0 unspecified atom stereocenters. The molecule has 0 spiro atoms. The number of rotatable bonds is 8. The van der Waals surface area contributed by atoms with Gasteiger partial charge in [-0.25, -0.2) is 9.37 Å². The number of ether oxygens (including phenoxy) is 1. The summed E-state index contributed by atoms with van der Waals surface area (Å²) >= 11 is 0. The maximum Gasteiger partial charge on any atom is 0.290 e. The maximum atomic E-state index is 13.5. The number of imidazole rings is 1. The van der Waals surface area contributed by atoms with Crippen LogP contribution in [0.5, 0.6) is 5.75 Å². The van der Waals surface area contributed by atoms with Gasteiger partial charge in [0.05, 0.1) is 19.1 Å². The first kappa shape index (κ1) is 23.7. The predicted molar refractivity (Wildman–Crippen MR) is 129 cm³/mol. The van der Waals surface area contributed by atoms with E-state index in [4.69, 9.17) is 9.15 Å². The summed E-state index contributed by atoms with van der Waals surface area (Å²) < 4.78 is 25.6. The van der Waals surface area contributed by atoms with E-state index in [2.05, 4.69) is 10.3 Å². The van der Waals surface area contributed by atoms with E-state index in [-0.39, 0.29) is 36.0 Å². The van der Waals surface area contributed by atoms with Gasteiger partial charge >= 0.3 is 0 Å². The van der Waals surface area contributed by atoms with E-state index in [1.165, 1.54) is 23.3 Å². The van der Waals surface area contributed by atoms with Crippen LogP contribution < -0.4 is 10.1 Å². The normalized spacial score (nSPS) is 10.9. The van der Waals surface area contributed by atoms with Gasteiger partial charge < -0.3 is 14.1 Å². The number of nitrogens with zero attached hydrogens (tertiary/aromatic N) is 3. The summed E-state index contributed by atoms with van der Waals surface area (Å²) in [7, 11) is 1.59. The van der Waals surface area contributed by atoms with Crippen molar-refractivity contribution in [3.8, 4) is 22.7 Å². The van der Waals surface area contributed by atoms with Crippen molar-refractivity contribution in [2.45, 2.75) is 19.9 Å². The molecule has 0 atom stereocenters. The fraction of sp³-hybridized carbons (Fsp3) is 0.192. The zero-order chi connectivity index (χ0) is 24.9. The van der Waals surface area contributed by atoms with E-state index in [0.717, 1.165) is 5.56 Å². The Morgan fingerprint density at radius 3 is 2.43 bits per heavy atom. The van der Waals surface area contributed by atoms with Gasteiger partial charge in [0.25, 0.3) is 5.91 Å². The number of nitrogens with one attached hydrogen (secondary N) is 1. The number of benzene rings is 2. The standard InChI is InChI=1S/C26H25FN4O4/c1-17(2)30(25(33)23-5-4-14-35-23)16-24(32)29-26-28-22(18-6-12-21(34-3)13-7-18)15-31(26)20-10-8-19(27)9-11-20/h4-15,17H,16H2,1-3H3,(H,28,29,32). The Labute approximate surface area is 202 Å². The average Bonchev–Trinajstić information content (AvgIpc) is 3.53. The largest absolute Gasteiger partial charge is 0.497 e. The number of carbonyl (C=O) groups excluding carboxylic acids is 2. The van der Waals surface area contributed by atoms with Gasteiger partial charge in [0, 0.05) is 23.5 Å². The number of anilines is 1. The number of hydrogen-bond donors (Lipinski definition) is 1. The van der Waals surface area contributed by atoms with Crippen LogP contribution >= 0.6 is 0 Å². The maximum absolute atomic E-state index is 13.5. The first-order valence-corrected chi connectivity index (χ1v) is 11.0. The molecule has 180 valence electrons. The van der Waals surface area contributed by atoms with Crippen molar-refractivity contribution < 1.29 is 23.1 Å². The summed E-state index contributed by atoms with van der Waals surface area (Å²) in [5, 5.41) is 2.79. The van der Waals surface area contributed by atoms with Crippen molar-refractivity contribution in [3.05, 3.63) is 84.7 Å². The number of furan rings is 1. The van der Waals surface area contributed by atoms with Crippen LogP contribution in [-0.2, 0) is 4.79 Å². The van der Waals surface area contributed by atoms with E-state index in [0.29, 0.717) is 17.1 Å². The minimum absolute atomic E-state index is 0.154. The second-order valence-electron chi connectivity index (χ2n) is 8.08. The number of hydrogen-bond acceptors (Lipinski definition) is 5. The molecule has 0 aliphatic heterocycles. The summed E-state index contributed by atoms with van der Waals surface area (Å²) in [6, 6.07) is 16.1. The fourth-order valence-corrected chi connectivity index (χ4v) is 3.52. The van der Waals surface area contributed by atoms with Gasteiger partial charge in [0.15, 0.2) is 5.76 Å². The molecule has 0 saturated heterocycles. The monoisotopic (exact) mass is 476 g/mol. The second kappa shape index (κ2) is 10.3. The number of amides is 2. The number of methoxy groups -OCH3 is 1. The first-order valence-electron chi connectivity index (χ1n) is 11.0. The van der Waals surface area contributed by atoms with Gasteiger partial charge in [-0.3, -0.25) is 19.5 Å². The van der Waals surface area contributed by atoms with Gasteiger partial charge in [-0.15, -0.1) is 0 Å². The molecule has 2 heterocycles. The SMILES string of the molecule is COc1ccc(-c2cn(-c3ccc(F)cc3)c(NC(=O)CN(C(=O)c3ccco3)C(C)C)n2)cc1. The quantitative estimate of drug-likeness (QED) is 0.396. The molecule has 0 aliphatic carbocycles. The van der Waals surface area contributed by atoms with Gasteiger partial charge in [0.2, 0.25) is 11.9 Å². The molecule has 0 saturated carbocycles. The molecule has 8 nitrogen and oxygen atoms in total. The molecule has 4 rings (SSSR count). The van der Waals surface area contributed by atoms with E-state index >= 15 is 0 Å². The van der Waals surface area contributed by atoms with Crippen LogP contribution in [0, 0.1) is 5.82 Å². The Bertz CT molecular complexity index is 1300. The Kier molecular flexibility index (Phi) is 6.96. The fourth-order valence-electron chi connectivity index (χ4n) is 3.52. The lowest BCUT2D eigenvalue weighted by Crippen LogP contribution is -2.42. The van der Waals surface area contributed by atoms with Gasteiger partial charge in [-0.2, -0.15) is 0 Å². The van der Waals surface area contributed by atoms with E-state index < -0.39 is 5.91 Å². The van der Waals surface area contributed by atoms with E-state index in [1.54, 1.807) is 42.1 Å². The molecule has 9 heteroatoms. The third-order valence-corrected chi connectivity index (χ3v) is 5.38. The number of halogens is 1. The van der Waals surface area contributed by atoms with Crippen LogP contribution in [0.2, 0.25) is 0 Å². The molecular weight excluding hydrogens is 451 g/mol. The van der Waals surface area contributed by atoms with Crippen molar-refractivity contribution in [2.24, 2.45) is 0 Å². The minimum Gasteiger partial charge on any atom is -0.497 e. The lowest BCUT2D eigenvalue weighted by Gasteiger charge is -2.25. The Morgan fingerprint density at radius 2 is 1.83 bits per heavy atom. The summed E-state index contributed by atoms with van der Waals surface area (Å²) in [5.41, 5.74) is 2.01. The predicted octanol–water partition coefficient (Wildman–Crippen LogP) is 4.77. The molecule has 35 heavy (non-hydrogen) atoms. The second-order valence-corrected chi connectivity index (χ2v) is 8.08. The third kappa shape index (κ3) is 5.40. The molecule has 4 aromatic rings. The van der Waals surface area contributed by atoms with Crippen molar-refractivity contribution in [2.75, 3.05) is 19.0 Å². The number of aromatic nitrogens is 2. The van der Waals surface area contributed by atoms with Crippen molar-refractivity contribution in [1.29, 1.82) is 0 Å². The lowest BCUT2D eigenvalue weighted by atomic mass is 10.1. The molecular formula is C26H25FN4O4. The summed E-state index contributed by atoms with van der Waals surface area (Å²) in [4.78, 5) is 31.8. The number of carbonyl (C=O) groups is 2. The minimum atomic E-state index is -0.436. The molecule has 2 aromatic heterocycles. The third-order valence-electron chi connectivity index (χ3n) is 5.38. The van der Waals surface area contributed by atoms with Crippen LogP contribution in [0.15, 0.2) is 77.5 Å². The Hall–Kier alpha value is -4.40. The van der Waals surface area contributed by atoms with E-state index in [9.17, 15) is 14.0 Å². The Balaban J connectivity index is 1.62. The molecule has 0 bridgehead atoms. The van der Waals surface area contributed by atoms with E-state index in [1.807, 2.05) is 38.1 Å². The summed E-state index contributed by atoms with van der Waals surface area (Å²) in [6.45, 7) is 3.43. The lowest BCUT2D eigenvalue weighted by molar-refractivity contribution is -0.117.